The number of aromatic nitrogens is 2. The van der Waals surface area contributed by atoms with Crippen molar-refractivity contribution in [3.63, 3.8) is 0 Å². The number of hydrogen-bond acceptors (Lipinski definition) is 4. The Morgan fingerprint density at radius 1 is 1.43 bits per heavy atom. The van der Waals surface area contributed by atoms with Gasteiger partial charge in [0.05, 0.1) is 6.33 Å². The molecule has 1 N–H and O–H groups in total. The molecule has 1 aliphatic rings. The molecule has 1 atom stereocenters. The number of rotatable bonds is 3. The van der Waals surface area contributed by atoms with Gasteiger partial charge in [0, 0.05) is 25.8 Å². The second-order valence-corrected chi connectivity index (χ2v) is 5.65. The first-order valence-electron chi connectivity index (χ1n) is 7.04. The van der Waals surface area contributed by atoms with Gasteiger partial charge in [0.2, 0.25) is 5.91 Å². The van der Waals surface area contributed by atoms with Crippen LogP contribution in [0, 0.1) is 5.92 Å². The van der Waals surface area contributed by atoms with E-state index in [0.717, 1.165) is 0 Å². The van der Waals surface area contributed by atoms with E-state index < -0.39 is 17.5 Å². The molecule has 0 aromatic carbocycles. The number of piperazine rings is 1. The SMILES string of the molecule is CC(C)CN1CCN(C(=O)c2cnc[nH]c2=O)C(C)C1=O. The lowest BCUT2D eigenvalue weighted by molar-refractivity contribution is -0.140. The predicted molar refractivity (Wildman–Crippen MR) is 76.8 cm³/mol. The minimum Gasteiger partial charge on any atom is -0.339 e. The zero-order valence-corrected chi connectivity index (χ0v) is 12.5. The molecular weight excluding hydrogens is 272 g/mol. The normalized spacial score (nSPS) is 19.2. The molecule has 1 aromatic heterocycles. The van der Waals surface area contributed by atoms with Crippen LogP contribution < -0.4 is 5.56 Å². The fourth-order valence-corrected chi connectivity index (χ4v) is 2.48. The number of carbonyl (C=O) groups excluding carboxylic acids is 2. The maximum absolute atomic E-state index is 12.4. The van der Waals surface area contributed by atoms with Crippen LogP contribution in [0.1, 0.15) is 31.1 Å². The van der Waals surface area contributed by atoms with E-state index in [0.29, 0.717) is 25.6 Å². The minimum atomic E-state index is -0.565. The summed E-state index contributed by atoms with van der Waals surface area (Å²) in [6.45, 7) is 7.38. The van der Waals surface area contributed by atoms with Crippen LogP contribution >= 0.6 is 0 Å². The molecule has 0 radical (unpaired) electrons. The number of nitrogens with one attached hydrogen (secondary N) is 1. The molecule has 1 fully saturated rings. The van der Waals surface area contributed by atoms with E-state index in [4.69, 9.17) is 0 Å². The molecule has 0 saturated carbocycles. The summed E-state index contributed by atoms with van der Waals surface area (Å²) >= 11 is 0. The molecule has 2 heterocycles. The second-order valence-electron chi connectivity index (χ2n) is 5.65. The Labute approximate surface area is 123 Å². The monoisotopic (exact) mass is 292 g/mol. The lowest BCUT2D eigenvalue weighted by atomic mass is 10.1. The van der Waals surface area contributed by atoms with Gasteiger partial charge in [-0.3, -0.25) is 14.4 Å². The zero-order chi connectivity index (χ0) is 15.6. The van der Waals surface area contributed by atoms with Crippen molar-refractivity contribution < 1.29 is 9.59 Å². The summed E-state index contributed by atoms with van der Waals surface area (Å²) in [7, 11) is 0. The van der Waals surface area contributed by atoms with Crippen LogP contribution in [0.2, 0.25) is 0 Å². The number of aromatic amines is 1. The first-order chi connectivity index (χ1) is 9.91. The third-order valence-corrected chi connectivity index (χ3v) is 3.54. The van der Waals surface area contributed by atoms with Gasteiger partial charge in [-0.05, 0) is 12.8 Å². The molecule has 114 valence electrons. The summed E-state index contributed by atoms with van der Waals surface area (Å²) in [5.74, 6) is -0.150. The minimum absolute atomic E-state index is 0.0329. The molecule has 2 amide bonds. The molecule has 1 aliphatic heterocycles. The van der Waals surface area contributed by atoms with Crippen molar-refractivity contribution in [2.24, 2.45) is 5.92 Å². The lowest BCUT2D eigenvalue weighted by Gasteiger charge is -2.39. The van der Waals surface area contributed by atoms with Gasteiger partial charge in [-0.15, -0.1) is 0 Å². The zero-order valence-electron chi connectivity index (χ0n) is 12.5. The highest BCUT2D eigenvalue weighted by Gasteiger charge is 2.35. The maximum atomic E-state index is 12.4. The average Bonchev–Trinajstić information content (AvgIpc) is 2.43. The summed E-state index contributed by atoms with van der Waals surface area (Å²) in [6, 6.07) is -0.565. The molecule has 21 heavy (non-hydrogen) atoms. The second kappa shape index (κ2) is 6.07. The number of carbonyl (C=O) groups is 2. The number of amides is 2. The first-order valence-corrected chi connectivity index (χ1v) is 7.04. The van der Waals surface area contributed by atoms with Crippen molar-refractivity contribution in [2.75, 3.05) is 19.6 Å². The van der Waals surface area contributed by atoms with E-state index in [2.05, 4.69) is 9.97 Å². The third kappa shape index (κ3) is 3.12. The van der Waals surface area contributed by atoms with E-state index in [1.165, 1.54) is 17.4 Å². The van der Waals surface area contributed by atoms with Crippen molar-refractivity contribution >= 4 is 11.8 Å². The quantitative estimate of drug-likeness (QED) is 0.856. The molecule has 1 saturated heterocycles. The largest absolute Gasteiger partial charge is 0.339 e. The molecule has 1 aromatic rings. The Hall–Kier alpha value is -2.18. The van der Waals surface area contributed by atoms with Gasteiger partial charge in [-0.25, -0.2) is 4.98 Å². The van der Waals surface area contributed by atoms with E-state index >= 15 is 0 Å². The van der Waals surface area contributed by atoms with Crippen molar-refractivity contribution in [3.8, 4) is 0 Å². The Morgan fingerprint density at radius 2 is 2.14 bits per heavy atom. The Balaban J connectivity index is 2.16. The van der Waals surface area contributed by atoms with Gasteiger partial charge in [0.1, 0.15) is 11.6 Å². The van der Waals surface area contributed by atoms with Gasteiger partial charge in [0.15, 0.2) is 0 Å². The maximum Gasteiger partial charge on any atom is 0.263 e. The van der Waals surface area contributed by atoms with Crippen LogP contribution in [0.25, 0.3) is 0 Å². The summed E-state index contributed by atoms with van der Waals surface area (Å²) < 4.78 is 0. The molecule has 0 bridgehead atoms. The van der Waals surface area contributed by atoms with Crippen LogP contribution in [-0.2, 0) is 4.79 Å². The molecule has 0 spiro atoms. The van der Waals surface area contributed by atoms with Crippen LogP contribution in [0.5, 0.6) is 0 Å². The average molecular weight is 292 g/mol. The van der Waals surface area contributed by atoms with Crippen LogP contribution in [-0.4, -0.2) is 57.3 Å². The summed E-state index contributed by atoms with van der Waals surface area (Å²) in [4.78, 5) is 45.7. The Bertz CT molecular complexity index is 596. The standard InChI is InChI=1S/C14H20N4O3/c1-9(2)7-17-4-5-18(10(3)13(17)20)14(21)11-6-15-8-16-12(11)19/h6,8-10H,4-5,7H2,1-3H3,(H,15,16,19). The van der Waals surface area contributed by atoms with Gasteiger partial charge in [-0.1, -0.05) is 13.8 Å². The highest BCUT2D eigenvalue weighted by atomic mass is 16.2. The van der Waals surface area contributed by atoms with E-state index in [1.807, 2.05) is 13.8 Å². The van der Waals surface area contributed by atoms with Crippen molar-refractivity contribution in [2.45, 2.75) is 26.8 Å². The highest BCUT2D eigenvalue weighted by Crippen LogP contribution is 2.15. The smallest absolute Gasteiger partial charge is 0.263 e. The number of nitrogens with zero attached hydrogens (tertiary/aromatic N) is 3. The molecule has 7 heteroatoms. The lowest BCUT2D eigenvalue weighted by Crippen LogP contribution is -2.58. The fourth-order valence-electron chi connectivity index (χ4n) is 2.48. The van der Waals surface area contributed by atoms with Gasteiger partial charge in [0.25, 0.3) is 11.5 Å². The van der Waals surface area contributed by atoms with Gasteiger partial charge >= 0.3 is 0 Å². The van der Waals surface area contributed by atoms with Gasteiger partial charge < -0.3 is 14.8 Å². The van der Waals surface area contributed by atoms with Gasteiger partial charge in [-0.2, -0.15) is 0 Å². The molecule has 2 rings (SSSR count). The summed E-state index contributed by atoms with van der Waals surface area (Å²) in [5.41, 5.74) is -0.520. The Kier molecular flexibility index (Phi) is 4.40. The van der Waals surface area contributed by atoms with Crippen molar-refractivity contribution in [1.82, 2.24) is 19.8 Å². The number of hydrogen-bond donors (Lipinski definition) is 1. The first kappa shape index (κ1) is 15.2. The van der Waals surface area contributed by atoms with Crippen molar-refractivity contribution in [1.29, 1.82) is 0 Å². The van der Waals surface area contributed by atoms with Crippen LogP contribution in [0.15, 0.2) is 17.3 Å². The summed E-state index contributed by atoms with van der Waals surface area (Å²) in [6.07, 6.45) is 2.47. The molecule has 0 aliphatic carbocycles. The van der Waals surface area contributed by atoms with E-state index in [9.17, 15) is 14.4 Å². The van der Waals surface area contributed by atoms with Crippen LogP contribution in [0.3, 0.4) is 0 Å². The third-order valence-electron chi connectivity index (χ3n) is 3.54. The molecule has 1 unspecified atom stereocenters. The summed E-state index contributed by atoms with van der Waals surface area (Å²) in [5, 5.41) is 0. The topological polar surface area (TPSA) is 86.4 Å². The van der Waals surface area contributed by atoms with E-state index in [-0.39, 0.29) is 11.5 Å². The number of H-pyrrole nitrogens is 1. The fraction of sp³-hybridized carbons (Fsp3) is 0.571. The van der Waals surface area contributed by atoms with Crippen LogP contribution in [0.4, 0.5) is 0 Å². The molecule has 7 nitrogen and oxygen atoms in total. The Morgan fingerprint density at radius 3 is 2.76 bits per heavy atom. The van der Waals surface area contributed by atoms with E-state index in [1.54, 1.807) is 11.8 Å². The predicted octanol–water partition coefficient (Wildman–Crippen LogP) is 0.0988. The van der Waals surface area contributed by atoms with Crippen molar-refractivity contribution in [3.05, 3.63) is 28.4 Å². The highest BCUT2D eigenvalue weighted by molar-refractivity contribution is 5.97. The molecular formula is C14H20N4O3.